The van der Waals surface area contributed by atoms with E-state index in [1.54, 1.807) is 46.4 Å². The molecule has 6 heterocycles. The maximum atomic E-state index is 5.90. The Morgan fingerprint density at radius 2 is 1.18 bits per heavy atom. The fourth-order valence-corrected chi connectivity index (χ4v) is 4.12. The van der Waals surface area contributed by atoms with Gasteiger partial charge in [0.1, 0.15) is 20.6 Å². The third kappa shape index (κ3) is 5.78. The lowest BCUT2D eigenvalue weighted by Gasteiger charge is -2.08. The van der Waals surface area contributed by atoms with Crippen molar-refractivity contribution in [3.8, 4) is 23.5 Å². The van der Waals surface area contributed by atoms with Crippen LogP contribution in [-0.4, -0.2) is 59.1 Å². The zero-order valence-corrected chi connectivity index (χ0v) is 24.4. The number of nitrogen functional groups attached to an aromatic ring is 2. The third-order valence-corrected chi connectivity index (χ3v) is 6.77. The Morgan fingerprint density at radius 3 is 1.59 bits per heavy atom. The lowest BCUT2D eigenvalue weighted by atomic mass is 10.4. The molecule has 198 valence electrons. The van der Waals surface area contributed by atoms with Gasteiger partial charge in [-0.1, -0.05) is 23.2 Å². The maximum absolute atomic E-state index is 5.90. The van der Waals surface area contributed by atoms with Crippen LogP contribution in [0.25, 0.3) is 23.5 Å². The highest BCUT2D eigenvalue weighted by Gasteiger charge is 2.15. The summed E-state index contributed by atoms with van der Waals surface area (Å²) >= 11 is 18.4. The van der Waals surface area contributed by atoms with E-state index in [2.05, 4.69) is 72.2 Å². The molecule has 6 aromatic heterocycles. The third-order valence-electron chi connectivity index (χ3n) is 4.86. The first kappa shape index (κ1) is 26.7. The first-order valence-electron chi connectivity index (χ1n) is 10.8. The molecule has 0 amide bonds. The van der Waals surface area contributed by atoms with Crippen LogP contribution in [0.4, 0.5) is 11.6 Å². The van der Waals surface area contributed by atoms with E-state index in [1.807, 2.05) is 13.1 Å². The van der Waals surface area contributed by atoms with Gasteiger partial charge in [0.2, 0.25) is 0 Å². The predicted octanol–water partition coefficient (Wildman–Crippen LogP) is 4.00. The normalized spacial score (nSPS) is 10.9. The molecule has 39 heavy (non-hydrogen) atoms. The van der Waals surface area contributed by atoms with Crippen LogP contribution in [0, 0.1) is 6.92 Å². The van der Waals surface area contributed by atoms with Crippen molar-refractivity contribution in [3.63, 3.8) is 0 Å². The number of hydrogen-bond acceptors (Lipinski definition) is 10. The first-order valence-corrected chi connectivity index (χ1v) is 13.1. The molecule has 18 heteroatoms. The van der Waals surface area contributed by atoms with Gasteiger partial charge in [-0.25, -0.2) is 18.7 Å². The summed E-state index contributed by atoms with van der Waals surface area (Å²) in [6, 6.07) is 1.79. The SMILES string of the molecule is Cc1cnn(-c2nc(-n3cc(Cl)cn3)nc(N)c2Br)c1.Nc1nc(-n2cc(Cl)cn2)nc(-n2cccn2)c1Br. The number of halogens is 4. The van der Waals surface area contributed by atoms with Gasteiger partial charge in [0.25, 0.3) is 11.9 Å². The van der Waals surface area contributed by atoms with E-state index in [9.17, 15) is 0 Å². The number of hydrogen-bond donors (Lipinski definition) is 2. The molecule has 0 atom stereocenters. The van der Waals surface area contributed by atoms with E-state index in [0.717, 1.165) is 5.56 Å². The Hall–Kier alpha value is -3.86. The number of anilines is 2. The summed E-state index contributed by atoms with van der Waals surface area (Å²) in [5.41, 5.74) is 12.8. The molecule has 0 unspecified atom stereocenters. The first-order chi connectivity index (χ1) is 18.7. The van der Waals surface area contributed by atoms with Crippen molar-refractivity contribution >= 4 is 66.7 Å². The number of rotatable bonds is 4. The minimum absolute atomic E-state index is 0.294. The van der Waals surface area contributed by atoms with Gasteiger partial charge in [-0.3, -0.25) is 0 Å². The summed E-state index contributed by atoms with van der Waals surface area (Å²) in [6.07, 6.45) is 13.2. The summed E-state index contributed by atoms with van der Waals surface area (Å²) in [5.74, 6) is 2.29. The second-order valence-electron chi connectivity index (χ2n) is 7.71. The molecule has 14 nitrogen and oxygen atoms in total. The second kappa shape index (κ2) is 11.1. The lowest BCUT2D eigenvalue weighted by Crippen LogP contribution is -2.10. The summed E-state index contributed by atoms with van der Waals surface area (Å²) in [5, 5.41) is 17.4. The van der Waals surface area contributed by atoms with E-state index in [-0.39, 0.29) is 0 Å². The van der Waals surface area contributed by atoms with Crippen LogP contribution in [0.2, 0.25) is 10.0 Å². The Bertz CT molecular complexity index is 1760. The molecule has 0 aliphatic heterocycles. The van der Waals surface area contributed by atoms with Gasteiger partial charge in [-0.15, -0.1) is 0 Å². The molecule has 0 radical (unpaired) electrons. The second-order valence-corrected chi connectivity index (χ2v) is 10.2. The average molecular weight is 695 g/mol. The van der Waals surface area contributed by atoms with Crippen LogP contribution >= 0.6 is 55.1 Å². The monoisotopic (exact) mass is 692 g/mol. The summed E-state index contributed by atoms with van der Waals surface area (Å²) in [4.78, 5) is 17.1. The number of aromatic nitrogens is 12. The highest BCUT2D eigenvalue weighted by Crippen LogP contribution is 2.26. The number of nitrogens with two attached hydrogens (primary N) is 2. The summed E-state index contributed by atoms with van der Waals surface area (Å²) in [7, 11) is 0. The molecule has 0 saturated heterocycles. The zero-order valence-electron chi connectivity index (χ0n) is 19.7. The standard InChI is InChI=1S/C11H9BrClN7.C10H7BrClN7/c1-6-2-15-19(4-6)10-8(12)9(14)17-11(18-10)20-5-7(13)3-16-20;11-7-8(13)16-10(19-5-6(12)4-15-19)17-9(7)18-3-1-2-14-18/h2-5H,1H3,(H2,14,17,18);1-5H,(H2,13,16,17). The summed E-state index contributed by atoms with van der Waals surface area (Å²) < 4.78 is 7.23. The van der Waals surface area contributed by atoms with Gasteiger partial charge in [0, 0.05) is 18.6 Å². The van der Waals surface area contributed by atoms with Crippen molar-refractivity contribution in [1.82, 2.24) is 59.1 Å². The van der Waals surface area contributed by atoms with Crippen molar-refractivity contribution in [2.75, 3.05) is 11.5 Å². The topological polar surface area (TPSA) is 175 Å². The van der Waals surface area contributed by atoms with Crippen LogP contribution in [0.1, 0.15) is 5.56 Å². The minimum atomic E-state index is 0.294. The van der Waals surface area contributed by atoms with E-state index < -0.39 is 0 Å². The van der Waals surface area contributed by atoms with Gasteiger partial charge in [-0.05, 0) is 50.4 Å². The Balaban J connectivity index is 0.000000158. The van der Waals surface area contributed by atoms with Gasteiger partial charge in [0.15, 0.2) is 11.6 Å². The smallest absolute Gasteiger partial charge is 0.254 e. The van der Waals surface area contributed by atoms with E-state index in [4.69, 9.17) is 34.7 Å². The molecule has 0 fully saturated rings. The molecule has 0 bridgehead atoms. The van der Waals surface area contributed by atoms with Crippen LogP contribution in [0.15, 0.2) is 64.6 Å². The molecule has 6 rings (SSSR count). The predicted molar refractivity (Wildman–Crippen MR) is 152 cm³/mol. The number of nitrogens with zero attached hydrogens (tertiary/aromatic N) is 12. The molecule has 4 N–H and O–H groups in total. The highest BCUT2D eigenvalue weighted by atomic mass is 79.9. The number of aryl methyl sites for hydroxylation is 1. The zero-order chi connectivity index (χ0) is 27.7. The van der Waals surface area contributed by atoms with Gasteiger partial charge < -0.3 is 11.5 Å². The minimum Gasteiger partial charge on any atom is -0.383 e. The van der Waals surface area contributed by atoms with Crippen LogP contribution in [0.5, 0.6) is 0 Å². The van der Waals surface area contributed by atoms with E-state index in [0.29, 0.717) is 54.2 Å². The largest absolute Gasteiger partial charge is 0.383 e. The van der Waals surface area contributed by atoms with Gasteiger partial charge >= 0.3 is 0 Å². The Kier molecular flexibility index (Phi) is 7.60. The lowest BCUT2D eigenvalue weighted by molar-refractivity contribution is 0.773. The van der Waals surface area contributed by atoms with Crippen molar-refractivity contribution in [1.29, 1.82) is 0 Å². The fourth-order valence-electron chi connectivity index (χ4n) is 3.13. The molecule has 0 saturated carbocycles. The van der Waals surface area contributed by atoms with E-state index >= 15 is 0 Å². The van der Waals surface area contributed by atoms with Gasteiger partial charge in [0.05, 0.1) is 41.0 Å². The molecule has 0 aliphatic rings. The maximum Gasteiger partial charge on any atom is 0.254 e. The fraction of sp³-hybridized carbons (Fsp3) is 0.0476. The molecular weight excluding hydrogens is 679 g/mol. The van der Waals surface area contributed by atoms with Crippen LogP contribution in [0.3, 0.4) is 0 Å². The molecule has 0 aliphatic carbocycles. The molecular formula is C21H16Br2Cl2N14. The average Bonchev–Trinajstić information content (AvgIpc) is 3.72. The quantitative estimate of drug-likeness (QED) is 0.274. The highest BCUT2D eigenvalue weighted by molar-refractivity contribution is 9.11. The van der Waals surface area contributed by atoms with E-state index in [1.165, 1.54) is 21.8 Å². The van der Waals surface area contributed by atoms with Crippen molar-refractivity contribution in [3.05, 3.63) is 80.2 Å². The molecule has 6 aromatic rings. The molecule has 0 aromatic carbocycles. The van der Waals surface area contributed by atoms with Crippen molar-refractivity contribution in [2.45, 2.75) is 6.92 Å². The van der Waals surface area contributed by atoms with Crippen molar-refractivity contribution in [2.24, 2.45) is 0 Å². The van der Waals surface area contributed by atoms with Crippen molar-refractivity contribution < 1.29 is 0 Å². The Morgan fingerprint density at radius 1 is 0.667 bits per heavy atom. The van der Waals surface area contributed by atoms with Crippen LogP contribution in [-0.2, 0) is 0 Å². The summed E-state index contributed by atoms with van der Waals surface area (Å²) in [6.45, 7) is 1.94. The molecule has 0 spiro atoms. The van der Waals surface area contributed by atoms with Crippen LogP contribution < -0.4 is 11.5 Å². The van der Waals surface area contributed by atoms with Gasteiger partial charge in [-0.2, -0.15) is 40.3 Å². The Labute approximate surface area is 246 Å².